The third-order valence-corrected chi connectivity index (χ3v) is 6.49. The number of amides is 2. The number of carbonyl (C=O) groups is 1. The zero-order valence-corrected chi connectivity index (χ0v) is 16.9. The molecule has 1 N–H and O–H groups in total. The summed E-state index contributed by atoms with van der Waals surface area (Å²) in [6.45, 7) is 8.95. The third-order valence-electron chi connectivity index (χ3n) is 6.49. The van der Waals surface area contributed by atoms with Crippen molar-refractivity contribution in [3.05, 3.63) is 29.8 Å². The van der Waals surface area contributed by atoms with E-state index in [1.165, 1.54) is 12.0 Å². The Balaban J connectivity index is 1.33. The van der Waals surface area contributed by atoms with E-state index in [0.717, 1.165) is 51.4 Å². The first kappa shape index (κ1) is 18.6. The summed E-state index contributed by atoms with van der Waals surface area (Å²) in [7, 11) is 2.14. The lowest BCUT2D eigenvalue weighted by atomic mass is 9.96. The summed E-state index contributed by atoms with van der Waals surface area (Å²) in [4.78, 5) is 16.8. The van der Waals surface area contributed by atoms with Crippen LogP contribution in [-0.4, -0.2) is 61.7 Å². The van der Waals surface area contributed by atoms with Crippen molar-refractivity contribution in [2.24, 2.45) is 17.3 Å². The quantitative estimate of drug-likeness (QED) is 0.836. The molecule has 2 amide bonds. The van der Waals surface area contributed by atoms with Gasteiger partial charge in [-0.15, -0.1) is 0 Å². The second-order valence-electron chi connectivity index (χ2n) is 9.31. The molecular formula is C22H33N3O2. The highest BCUT2D eigenvalue weighted by molar-refractivity contribution is 5.76. The first-order chi connectivity index (χ1) is 12.9. The van der Waals surface area contributed by atoms with Gasteiger partial charge in [0.25, 0.3) is 0 Å². The lowest BCUT2D eigenvalue weighted by molar-refractivity contribution is 0.130. The fraction of sp³-hybridized carbons (Fsp3) is 0.682. The van der Waals surface area contributed by atoms with Gasteiger partial charge in [-0.05, 0) is 62.4 Å². The Kier molecular flexibility index (Phi) is 5.06. The Morgan fingerprint density at radius 3 is 2.74 bits per heavy atom. The molecule has 5 nitrogen and oxygen atoms in total. The first-order valence-electron chi connectivity index (χ1n) is 10.4. The van der Waals surface area contributed by atoms with E-state index < -0.39 is 0 Å². The number of ether oxygens (including phenoxy) is 1. The molecule has 0 bridgehead atoms. The molecule has 2 saturated heterocycles. The van der Waals surface area contributed by atoms with E-state index in [1.807, 2.05) is 0 Å². The molecule has 2 heterocycles. The van der Waals surface area contributed by atoms with Crippen molar-refractivity contribution in [2.75, 3.05) is 39.8 Å². The second-order valence-corrected chi connectivity index (χ2v) is 9.31. The summed E-state index contributed by atoms with van der Waals surface area (Å²) in [5.74, 6) is 2.17. The van der Waals surface area contributed by atoms with Gasteiger partial charge in [0, 0.05) is 31.1 Å². The van der Waals surface area contributed by atoms with Gasteiger partial charge in [-0.1, -0.05) is 26.0 Å². The van der Waals surface area contributed by atoms with Crippen LogP contribution in [0.1, 0.15) is 32.3 Å². The van der Waals surface area contributed by atoms with E-state index in [-0.39, 0.29) is 11.4 Å². The summed E-state index contributed by atoms with van der Waals surface area (Å²) in [5, 5.41) is 3.18. The van der Waals surface area contributed by atoms with Crippen LogP contribution in [0.3, 0.4) is 0 Å². The van der Waals surface area contributed by atoms with Crippen LogP contribution in [0.5, 0.6) is 5.75 Å². The minimum absolute atomic E-state index is 0.137. The highest BCUT2D eigenvalue weighted by atomic mass is 16.5. The van der Waals surface area contributed by atoms with Crippen molar-refractivity contribution in [2.45, 2.75) is 39.2 Å². The third kappa shape index (κ3) is 4.08. The highest BCUT2D eigenvalue weighted by Crippen LogP contribution is 2.55. The first-order valence-corrected chi connectivity index (χ1v) is 10.4. The van der Waals surface area contributed by atoms with E-state index in [4.69, 9.17) is 4.74 Å². The average molecular weight is 372 g/mol. The summed E-state index contributed by atoms with van der Waals surface area (Å²) >= 11 is 0. The van der Waals surface area contributed by atoms with E-state index in [0.29, 0.717) is 17.9 Å². The molecule has 3 atom stereocenters. The Morgan fingerprint density at radius 1 is 1.30 bits per heavy atom. The molecule has 1 saturated carbocycles. The molecule has 27 heavy (non-hydrogen) atoms. The van der Waals surface area contributed by atoms with Gasteiger partial charge >= 0.3 is 6.03 Å². The molecular weight excluding hydrogens is 338 g/mol. The summed E-state index contributed by atoms with van der Waals surface area (Å²) < 4.78 is 5.79. The number of benzene rings is 1. The molecule has 5 heteroatoms. The SMILES string of the molecule is CC(C)COc1ccc(CC2CC23CNC(=O)N(C2CCN(C)C2)C3)cc1. The van der Waals surface area contributed by atoms with Gasteiger partial charge in [-0.2, -0.15) is 0 Å². The summed E-state index contributed by atoms with van der Waals surface area (Å²) in [5.41, 5.74) is 1.65. The van der Waals surface area contributed by atoms with Crippen LogP contribution in [-0.2, 0) is 6.42 Å². The Morgan fingerprint density at radius 2 is 2.07 bits per heavy atom. The number of nitrogens with zero attached hydrogens (tertiary/aromatic N) is 2. The van der Waals surface area contributed by atoms with Crippen LogP contribution < -0.4 is 10.1 Å². The Bertz CT molecular complexity index is 675. The van der Waals surface area contributed by atoms with Crippen molar-refractivity contribution >= 4 is 6.03 Å². The number of carbonyl (C=O) groups excluding carboxylic acids is 1. The van der Waals surface area contributed by atoms with Crippen molar-refractivity contribution in [3.63, 3.8) is 0 Å². The number of urea groups is 1. The smallest absolute Gasteiger partial charge is 0.317 e. The van der Waals surface area contributed by atoms with Gasteiger partial charge in [-0.3, -0.25) is 0 Å². The monoisotopic (exact) mass is 371 g/mol. The maximum absolute atomic E-state index is 12.4. The maximum Gasteiger partial charge on any atom is 0.317 e. The van der Waals surface area contributed by atoms with E-state index in [2.05, 4.69) is 60.3 Å². The zero-order valence-electron chi connectivity index (χ0n) is 16.9. The van der Waals surface area contributed by atoms with E-state index in [9.17, 15) is 4.79 Å². The van der Waals surface area contributed by atoms with E-state index in [1.54, 1.807) is 0 Å². The molecule has 4 rings (SSSR count). The predicted octanol–water partition coefficient (Wildman–Crippen LogP) is 3.00. The van der Waals surface area contributed by atoms with Crippen LogP contribution in [0.2, 0.25) is 0 Å². The fourth-order valence-electron chi connectivity index (χ4n) is 4.68. The molecule has 1 aromatic rings. The molecule has 1 spiro atoms. The molecule has 3 aliphatic rings. The largest absolute Gasteiger partial charge is 0.493 e. The van der Waals surface area contributed by atoms with Crippen molar-refractivity contribution in [1.82, 2.24) is 15.1 Å². The molecule has 1 aromatic carbocycles. The maximum atomic E-state index is 12.4. The van der Waals surface area contributed by atoms with Crippen LogP contribution in [0.25, 0.3) is 0 Å². The Hall–Kier alpha value is -1.75. The number of likely N-dealkylation sites (tertiary alicyclic amines) is 1. The molecule has 148 valence electrons. The van der Waals surface area contributed by atoms with Gasteiger partial charge in [0.15, 0.2) is 0 Å². The molecule has 3 unspecified atom stereocenters. The van der Waals surface area contributed by atoms with Gasteiger partial charge in [0.2, 0.25) is 0 Å². The molecule has 0 aromatic heterocycles. The van der Waals surface area contributed by atoms with Gasteiger partial charge in [0.05, 0.1) is 6.61 Å². The lowest BCUT2D eigenvalue weighted by Gasteiger charge is -2.38. The summed E-state index contributed by atoms with van der Waals surface area (Å²) in [6.07, 6.45) is 3.42. The van der Waals surface area contributed by atoms with E-state index >= 15 is 0 Å². The molecule has 1 aliphatic carbocycles. The number of likely N-dealkylation sites (N-methyl/N-ethyl adjacent to an activating group) is 1. The van der Waals surface area contributed by atoms with Crippen LogP contribution >= 0.6 is 0 Å². The number of nitrogens with one attached hydrogen (secondary N) is 1. The van der Waals surface area contributed by atoms with Gasteiger partial charge in [0.1, 0.15) is 5.75 Å². The number of hydrogen-bond acceptors (Lipinski definition) is 3. The molecule has 0 radical (unpaired) electrons. The average Bonchev–Trinajstić information content (AvgIpc) is 3.10. The molecule has 2 aliphatic heterocycles. The van der Waals surface area contributed by atoms with Crippen molar-refractivity contribution < 1.29 is 9.53 Å². The minimum atomic E-state index is 0.137. The Labute approximate surface area is 163 Å². The normalized spacial score (nSPS) is 30.8. The number of hydrogen-bond donors (Lipinski definition) is 1. The van der Waals surface area contributed by atoms with Gasteiger partial charge < -0.3 is 19.9 Å². The van der Waals surface area contributed by atoms with Crippen molar-refractivity contribution in [3.8, 4) is 5.75 Å². The van der Waals surface area contributed by atoms with Crippen LogP contribution in [0.15, 0.2) is 24.3 Å². The predicted molar refractivity (Wildman–Crippen MR) is 107 cm³/mol. The topological polar surface area (TPSA) is 44.8 Å². The lowest BCUT2D eigenvalue weighted by Crippen LogP contribution is -2.56. The van der Waals surface area contributed by atoms with Crippen LogP contribution in [0.4, 0.5) is 4.79 Å². The number of rotatable bonds is 6. The second kappa shape index (κ2) is 7.34. The van der Waals surface area contributed by atoms with Crippen molar-refractivity contribution in [1.29, 1.82) is 0 Å². The minimum Gasteiger partial charge on any atom is -0.493 e. The standard InChI is InChI=1S/C22H33N3O2/c1-16(2)13-27-20-6-4-17(5-7-20)10-18-11-22(18)14-23-21(26)25(15-22)19-8-9-24(3)12-19/h4-7,16,18-19H,8-15H2,1-3H3,(H,23,26). The fourth-order valence-corrected chi connectivity index (χ4v) is 4.68. The zero-order chi connectivity index (χ0) is 19.0. The summed E-state index contributed by atoms with van der Waals surface area (Å²) in [6, 6.07) is 9.11. The van der Waals surface area contributed by atoms with Crippen LogP contribution in [0, 0.1) is 17.3 Å². The highest BCUT2D eigenvalue weighted by Gasteiger charge is 2.57. The van der Waals surface area contributed by atoms with Gasteiger partial charge in [-0.25, -0.2) is 4.79 Å². The molecule has 3 fully saturated rings.